The van der Waals surface area contributed by atoms with E-state index in [4.69, 9.17) is 16.2 Å². The second kappa shape index (κ2) is 11.5. The third kappa shape index (κ3) is 10.8. The smallest absolute Gasteiger partial charge is 0.306 e. The van der Waals surface area contributed by atoms with Crippen LogP contribution in [0.1, 0.15) is 24.8 Å². The van der Waals surface area contributed by atoms with Gasteiger partial charge in [-0.05, 0) is 24.3 Å². The molecule has 0 bridgehead atoms. The summed E-state index contributed by atoms with van der Waals surface area (Å²) in [6, 6.07) is 5.24. The van der Waals surface area contributed by atoms with Gasteiger partial charge in [-0.2, -0.15) is 0 Å². The fourth-order valence-corrected chi connectivity index (χ4v) is 2.44. The average Bonchev–Trinajstić information content (AvgIpc) is 2.62. The van der Waals surface area contributed by atoms with E-state index in [0.29, 0.717) is 11.3 Å². The summed E-state index contributed by atoms with van der Waals surface area (Å²) in [5, 5.41) is 21.2. The summed E-state index contributed by atoms with van der Waals surface area (Å²) in [6.07, 6.45) is 0.125. The average molecular weight is 437 g/mol. The van der Waals surface area contributed by atoms with E-state index in [1.165, 1.54) is 0 Å². The molecule has 0 aliphatic heterocycles. The maximum atomic E-state index is 12.0. The Morgan fingerprint density at radius 3 is 2.30 bits per heavy atom. The molecule has 0 aromatic heterocycles. The van der Waals surface area contributed by atoms with Crippen LogP contribution in [0, 0.1) is 17.3 Å². The van der Waals surface area contributed by atoms with E-state index in [1.807, 2.05) is 0 Å². The number of aliphatic carboxylic acids is 1. The van der Waals surface area contributed by atoms with Crippen LogP contribution < -0.4 is 21.1 Å². The first-order chi connectivity index (χ1) is 14.0. The zero-order valence-corrected chi connectivity index (χ0v) is 17.0. The highest BCUT2D eigenvalue weighted by atomic mass is 32.2. The second-order valence-corrected chi connectivity index (χ2v) is 8.00. The molecule has 1 aromatic rings. The lowest BCUT2D eigenvalue weighted by atomic mass is 10.1. The molecule has 11 nitrogen and oxygen atoms in total. The number of nitrogen functional groups attached to an aromatic ring is 1. The first-order valence-corrected chi connectivity index (χ1v) is 10.5. The quantitative estimate of drug-likeness (QED) is 0.157. The molecule has 0 heterocycles. The van der Waals surface area contributed by atoms with Crippen LogP contribution >= 0.6 is 0 Å². The maximum absolute atomic E-state index is 12.0. The minimum atomic E-state index is -3.44. The van der Waals surface area contributed by atoms with Crippen LogP contribution in [0.2, 0.25) is 0 Å². The summed E-state index contributed by atoms with van der Waals surface area (Å²) in [5.41, 5.74) is 6.32. The van der Waals surface area contributed by atoms with Crippen molar-refractivity contribution < 1.29 is 27.9 Å². The Balaban J connectivity index is 2.53. The second-order valence-electron chi connectivity index (χ2n) is 6.17. The molecule has 1 unspecified atom stereocenters. The number of benzene rings is 1. The number of carbonyl (C=O) groups is 3. The first-order valence-electron chi connectivity index (χ1n) is 8.65. The standard InChI is InChI=1S/C18H23N5O6S/c1-30(28,29)21-10-2-3-14(11-17(26)27)23-16(25)9-8-15(24)22-13-6-4-12(5-7-13)18(19)20/h4-7,14,21H,8-11H2,1H3,(H3,19,20)(H,22,24)(H,23,25)(H,26,27). The number of nitrogens with two attached hydrogens (primary N) is 1. The third-order valence-corrected chi connectivity index (χ3v) is 4.14. The molecular weight excluding hydrogens is 414 g/mol. The Kier molecular flexibility index (Phi) is 9.47. The third-order valence-electron chi connectivity index (χ3n) is 3.47. The van der Waals surface area contributed by atoms with Gasteiger partial charge in [0.15, 0.2) is 0 Å². The number of hydrogen-bond acceptors (Lipinski definition) is 6. The van der Waals surface area contributed by atoms with Crippen LogP contribution in [0.4, 0.5) is 5.69 Å². The van der Waals surface area contributed by atoms with Crippen molar-refractivity contribution in [3.8, 4) is 11.8 Å². The Hall–Kier alpha value is -3.43. The van der Waals surface area contributed by atoms with E-state index in [9.17, 15) is 22.8 Å². The highest BCUT2D eigenvalue weighted by Crippen LogP contribution is 2.10. The summed E-state index contributed by atoms with van der Waals surface area (Å²) < 4.78 is 24.0. The summed E-state index contributed by atoms with van der Waals surface area (Å²) in [7, 11) is -3.44. The molecule has 7 N–H and O–H groups in total. The number of hydrogen-bond donors (Lipinski definition) is 6. The van der Waals surface area contributed by atoms with Gasteiger partial charge in [0.05, 0.1) is 19.2 Å². The summed E-state index contributed by atoms with van der Waals surface area (Å²) in [4.78, 5) is 34.9. The fourth-order valence-electron chi connectivity index (χ4n) is 2.10. The first kappa shape index (κ1) is 24.6. The molecule has 2 amide bonds. The predicted molar refractivity (Wildman–Crippen MR) is 110 cm³/mol. The van der Waals surface area contributed by atoms with Crippen molar-refractivity contribution in [2.75, 3.05) is 18.1 Å². The van der Waals surface area contributed by atoms with Crippen molar-refractivity contribution >= 4 is 39.3 Å². The molecule has 0 aliphatic carbocycles. The summed E-state index contributed by atoms with van der Waals surface area (Å²) >= 11 is 0. The molecule has 1 rings (SSSR count). The summed E-state index contributed by atoms with van der Waals surface area (Å²) in [6.45, 7) is -0.227. The van der Waals surface area contributed by atoms with Gasteiger partial charge in [-0.15, -0.1) is 0 Å². The van der Waals surface area contributed by atoms with Crippen LogP contribution in [-0.4, -0.2) is 56.0 Å². The zero-order chi connectivity index (χ0) is 22.7. The minimum absolute atomic E-state index is 0.101. The molecule has 0 aliphatic rings. The Labute approximate surface area is 174 Å². The molecule has 0 spiro atoms. The molecule has 162 valence electrons. The highest BCUT2D eigenvalue weighted by molar-refractivity contribution is 7.88. The SMILES string of the molecule is CS(=O)(=O)NCC#CC(CC(=O)O)NC(=O)CCC(=O)Nc1ccc(C(=N)N)cc1. The van der Waals surface area contributed by atoms with Crippen LogP contribution in [-0.2, 0) is 24.4 Å². The zero-order valence-electron chi connectivity index (χ0n) is 16.2. The van der Waals surface area contributed by atoms with Crippen LogP contribution in [0.3, 0.4) is 0 Å². The van der Waals surface area contributed by atoms with Gasteiger partial charge < -0.3 is 21.5 Å². The molecule has 1 aromatic carbocycles. The van der Waals surface area contributed by atoms with E-state index >= 15 is 0 Å². The van der Waals surface area contributed by atoms with Gasteiger partial charge in [-0.3, -0.25) is 19.8 Å². The van der Waals surface area contributed by atoms with E-state index < -0.39 is 40.3 Å². The van der Waals surface area contributed by atoms with Crippen molar-refractivity contribution in [3.05, 3.63) is 29.8 Å². The lowest BCUT2D eigenvalue weighted by molar-refractivity contribution is -0.137. The molecule has 0 saturated carbocycles. The lowest BCUT2D eigenvalue weighted by Crippen LogP contribution is -2.36. The van der Waals surface area contributed by atoms with Crippen molar-refractivity contribution in [2.24, 2.45) is 5.73 Å². The largest absolute Gasteiger partial charge is 0.481 e. The van der Waals surface area contributed by atoms with Crippen molar-refractivity contribution in [3.63, 3.8) is 0 Å². The highest BCUT2D eigenvalue weighted by Gasteiger charge is 2.15. The maximum Gasteiger partial charge on any atom is 0.306 e. The summed E-state index contributed by atoms with van der Waals surface area (Å²) in [5.74, 6) is 2.61. The van der Waals surface area contributed by atoms with E-state index in [0.717, 1.165) is 6.26 Å². The van der Waals surface area contributed by atoms with Crippen LogP contribution in [0.5, 0.6) is 0 Å². The topological polar surface area (TPSA) is 192 Å². The number of carboxylic acid groups (broad SMARTS) is 1. The monoisotopic (exact) mass is 437 g/mol. The molecule has 30 heavy (non-hydrogen) atoms. The number of carbonyl (C=O) groups excluding carboxylic acids is 2. The molecule has 12 heteroatoms. The van der Waals surface area contributed by atoms with E-state index in [1.54, 1.807) is 24.3 Å². The number of amides is 2. The molecule has 0 fully saturated rings. The van der Waals surface area contributed by atoms with Crippen molar-refractivity contribution in [1.29, 1.82) is 5.41 Å². The Bertz CT molecular complexity index is 963. The van der Waals surface area contributed by atoms with Gasteiger partial charge in [0.1, 0.15) is 11.9 Å². The molecule has 0 radical (unpaired) electrons. The van der Waals surface area contributed by atoms with Gasteiger partial charge in [0, 0.05) is 24.1 Å². The van der Waals surface area contributed by atoms with Crippen molar-refractivity contribution in [1.82, 2.24) is 10.0 Å². The Morgan fingerprint density at radius 2 is 1.77 bits per heavy atom. The number of sulfonamides is 1. The van der Waals surface area contributed by atoms with Gasteiger partial charge in [0.2, 0.25) is 21.8 Å². The van der Waals surface area contributed by atoms with Crippen molar-refractivity contribution in [2.45, 2.75) is 25.3 Å². The number of rotatable bonds is 10. The minimum Gasteiger partial charge on any atom is -0.481 e. The normalized spacial score (nSPS) is 11.5. The number of nitrogens with one attached hydrogen (secondary N) is 4. The predicted octanol–water partition coefficient (Wildman–Crippen LogP) is -0.799. The van der Waals surface area contributed by atoms with E-state index in [2.05, 4.69) is 27.2 Å². The van der Waals surface area contributed by atoms with Gasteiger partial charge in [-0.25, -0.2) is 13.1 Å². The lowest BCUT2D eigenvalue weighted by Gasteiger charge is -2.11. The molecular formula is C18H23N5O6S. The Morgan fingerprint density at radius 1 is 1.17 bits per heavy atom. The molecule has 1 atom stereocenters. The van der Waals surface area contributed by atoms with Crippen LogP contribution in [0.25, 0.3) is 0 Å². The molecule has 0 saturated heterocycles. The fraction of sp³-hybridized carbons (Fsp3) is 0.333. The number of anilines is 1. The van der Waals surface area contributed by atoms with Crippen LogP contribution in [0.15, 0.2) is 24.3 Å². The van der Waals surface area contributed by atoms with E-state index in [-0.39, 0.29) is 25.2 Å². The van der Waals surface area contributed by atoms with Gasteiger partial charge in [-0.1, -0.05) is 11.8 Å². The number of amidine groups is 1. The number of carboxylic acids is 1. The van der Waals surface area contributed by atoms with Gasteiger partial charge in [0.25, 0.3) is 0 Å². The van der Waals surface area contributed by atoms with Gasteiger partial charge >= 0.3 is 5.97 Å².